The zero-order valence-electron chi connectivity index (χ0n) is 12.5. The molecule has 1 aliphatic carbocycles. The highest BCUT2D eigenvalue weighted by Crippen LogP contribution is 2.33. The normalized spacial score (nSPS) is 38.5. The fourth-order valence-electron chi connectivity index (χ4n) is 3.56. The Morgan fingerprint density at radius 3 is 2.45 bits per heavy atom. The molecule has 5 atom stereocenters. The Labute approximate surface area is 121 Å². The number of amides is 2. The lowest BCUT2D eigenvalue weighted by molar-refractivity contribution is -0.144. The van der Waals surface area contributed by atoms with Crippen LogP contribution in [0.3, 0.4) is 0 Å². The van der Waals surface area contributed by atoms with E-state index in [1.54, 1.807) is 0 Å². The van der Waals surface area contributed by atoms with Crippen LogP contribution in [-0.4, -0.2) is 35.3 Å². The Hall–Kier alpha value is -1.10. The van der Waals surface area contributed by atoms with Gasteiger partial charge in [0.1, 0.15) is 0 Å². The van der Waals surface area contributed by atoms with Crippen LogP contribution >= 0.6 is 0 Å². The lowest BCUT2D eigenvalue weighted by Gasteiger charge is -2.41. The van der Waals surface area contributed by atoms with Crippen LogP contribution in [0.2, 0.25) is 0 Å². The molecule has 2 fully saturated rings. The largest absolute Gasteiger partial charge is 0.369 e. The van der Waals surface area contributed by atoms with Gasteiger partial charge >= 0.3 is 0 Å². The van der Waals surface area contributed by atoms with Crippen molar-refractivity contribution in [1.29, 1.82) is 0 Å². The number of hydrogen-bond acceptors (Lipinski definition) is 3. The van der Waals surface area contributed by atoms with Crippen LogP contribution < -0.4 is 11.5 Å². The molecule has 1 heterocycles. The third-order valence-corrected chi connectivity index (χ3v) is 5.12. The van der Waals surface area contributed by atoms with Gasteiger partial charge in [0.2, 0.25) is 11.8 Å². The highest BCUT2D eigenvalue weighted by molar-refractivity contribution is 5.82. The van der Waals surface area contributed by atoms with Gasteiger partial charge in [0.05, 0.1) is 5.92 Å². The van der Waals surface area contributed by atoms with Gasteiger partial charge in [-0.25, -0.2) is 0 Å². The molecule has 1 aliphatic heterocycles. The Bertz CT molecular complexity index is 385. The standard InChI is InChI=1S/C15H27N3O2/c1-9-3-6-12(16)7-13(9)15(20)18-8-11(14(17)19)5-4-10(18)2/h9-13H,3-8,16H2,1-2H3,(H2,17,19). The smallest absolute Gasteiger partial charge is 0.226 e. The molecule has 2 amide bonds. The van der Waals surface area contributed by atoms with Crippen molar-refractivity contribution in [1.82, 2.24) is 4.90 Å². The van der Waals surface area contributed by atoms with E-state index in [0.29, 0.717) is 12.5 Å². The maximum atomic E-state index is 12.8. The van der Waals surface area contributed by atoms with Gasteiger partial charge in [0.15, 0.2) is 0 Å². The molecule has 0 aromatic carbocycles. The first-order valence-electron chi connectivity index (χ1n) is 7.75. The van der Waals surface area contributed by atoms with Crippen LogP contribution in [0.4, 0.5) is 0 Å². The van der Waals surface area contributed by atoms with E-state index in [1.165, 1.54) is 0 Å². The summed E-state index contributed by atoms with van der Waals surface area (Å²) in [7, 11) is 0. The molecule has 5 unspecified atom stereocenters. The molecule has 1 saturated heterocycles. The Morgan fingerprint density at radius 1 is 1.10 bits per heavy atom. The number of primary amides is 1. The molecule has 20 heavy (non-hydrogen) atoms. The van der Waals surface area contributed by atoms with Gasteiger partial charge in [0, 0.05) is 24.5 Å². The second kappa shape index (κ2) is 6.12. The molecule has 0 bridgehead atoms. The maximum absolute atomic E-state index is 12.8. The van der Waals surface area contributed by atoms with Gasteiger partial charge < -0.3 is 16.4 Å². The van der Waals surface area contributed by atoms with Crippen molar-refractivity contribution in [2.75, 3.05) is 6.54 Å². The number of rotatable bonds is 2. The Kier molecular flexibility index (Phi) is 4.68. The summed E-state index contributed by atoms with van der Waals surface area (Å²) in [4.78, 5) is 26.1. The number of hydrogen-bond donors (Lipinski definition) is 2. The summed E-state index contributed by atoms with van der Waals surface area (Å²) < 4.78 is 0. The second-order valence-corrected chi connectivity index (χ2v) is 6.67. The molecule has 4 N–H and O–H groups in total. The minimum Gasteiger partial charge on any atom is -0.369 e. The number of likely N-dealkylation sites (tertiary alicyclic amines) is 1. The minimum atomic E-state index is -0.289. The number of carbonyl (C=O) groups is 2. The zero-order chi connectivity index (χ0) is 14.9. The fourth-order valence-corrected chi connectivity index (χ4v) is 3.56. The SMILES string of the molecule is CC1CCC(N)CC1C(=O)N1CC(C(N)=O)CCC1C. The van der Waals surface area contributed by atoms with E-state index in [0.717, 1.165) is 32.1 Å². The zero-order valence-corrected chi connectivity index (χ0v) is 12.5. The van der Waals surface area contributed by atoms with Crippen LogP contribution in [0.5, 0.6) is 0 Å². The molecule has 5 heteroatoms. The molecule has 0 aromatic rings. The Balaban J connectivity index is 2.07. The van der Waals surface area contributed by atoms with Crippen molar-refractivity contribution in [2.24, 2.45) is 29.2 Å². The summed E-state index contributed by atoms with van der Waals surface area (Å²) in [6.07, 6.45) is 4.43. The summed E-state index contributed by atoms with van der Waals surface area (Å²) in [5.74, 6) is 0.0770. The molecule has 1 saturated carbocycles. The molecule has 2 aliphatic rings. The monoisotopic (exact) mass is 281 g/mol. The van der Waals surface area contributed by atoms with E-state index in [4.69, 9.17) is 11.5 Å². The second-order valence-electron chi connectivity index (χ2n) is 6.67. The summed E-state index contributed by atoms with van der Waals surface area (Å²) in [6, 6.07) is 0.329. The topological polar surface area (TPSA) is 89.4 Å². The van der Waals surface area contributed by atoms with Gasteiger partial charge in [0.25, 0.3) is 0 Å². The Morgan fingerprint density at radius 2 is 1.80 bits per heavy atom. The van der Waals surface area contributed by atoms with Crippen LogP contribution in [0.15, 0.2) is 0 Å². The molecule has 0 radical (unpaired) electrons. The highest BCUT2D eigenvalue weighted by Gasteiger charge is 2.38. The van der Waals surface area contributed by atoms with Crippen LogP contribution in [0, 0.1) is 17.8 Å². The minimum absolute atomic E-state index is 0.00725. The summed E-state index contributed by atoms with van der Waals surface area (Å²) in [5, 5.41) is 0. The third-order valence-electron chi connectivity index (χ3n) is 5.12. The van der Waals surface area contributed by atoms with Crippen LogP contribution in [0.1, 0.15) is 46.0 Å². The first kappa shape index (κ1) is 15.3. The number of piperidine rings is 1. The van der Waals surface area contributed by atoms with Gasteiger partial charge in [-0.2, -0.15) is 0 Å². The van der Waals surface area contributed by atoms with E-state index in [9.17, 15) is 9.59 Å². The van der Waals surface area contributed by atoms with E-state index < -0.39 is 0 Å². The molecular weight excluding hydrogens is 254 g/mol. The van der Waals surface area contributed by atoms with Crippen molar-refractivity contribution >= 4 is 11.8 Å². The molecule has 2 rings (SSSR count). The molecule has 5 nitrogen and oxygen atoms in total. The maximum Gasteiger partial charge on any atom is 0.226 e. The molecular formula is C15H27N3O2. The van der Waals surface area contributed by atoms with E-state index >= 15 is 0 Å². The molecule has 0 spiro atoms. The number of nitrogens with zero attached hydrogens (tertiary/aromatic N) is 1. The van der Waals surface area contributed by atoms with E-state index in [-0.39, 0.29) is 35.7 Å². The van der Waals surface area contributed by atoms with Gasteiger partial charge in [-0.15, -0.1) is 0 Å². The quantitative estimate of drug-likeness (QED) is 0.786. The van der Waals surface area contributed by atoms with E-state index in [1.807, 2.05) is 4.90 Å². The van der Waals surface area contributed by atoms with Crippen molar-refractivity contribution in [3.63, 3.8) is 0 Å². The predicted octanol–water partition coefficient (Wildman–Crippen LogP) is 0.862. The number of nitrogens with two attached hydrogens (primary N) is 2. The van der Waals surface area contributed by atoms with Gasteiger partial charge in [-0.05, 0) is 44.9 Å². The summed E-state index contributed by atoms with van der Waals surface area (Å²) in [6.45, 7) is 4.67. The molecule has 0 aromatic heterocycles. The average molecular weight is 281 g/mol. The van der Waals surface area contributed by atoms with Crippen LogP contribution in [0.25, 0.3) is 0 Å². The van der Waals surface area contributed by atoms with Gasteiger partial charge in [-0.1, -0.05) is 6.92 Å². The highest BCUT2D eigenvalue weighted by atomic mass is 16.2. The predicted molar refractivity (Wildman–Crippen MR) is 77.6 cm³/mol. The third kappa shape index (κ3) is 3.14. The fraction of sp³-hybridized carbons (Fsp3) is 0.867. The number of carbonyl (C=O) groups excluding carboxylic acids is 2. The average Bonchev–Trinajstić information content (AvgIpc) is 2.41. The first-order valence-corrected chi connectivity index (χ1v) is 7.75. The summed E-state index contributed by atoms with van der Waals surface area (Å²) >= 11 is 0. The summed E-state index contributed by atoms with van der Waals surface area (Å²) in [5.41, 5.74) is 11.4. The first-order chi connectivity index (χ1) is 9.40. The van der Waals surface area contributed by atoms with Crippen molar-refractivity contribution in [3.8, 4) is 0 Å². The lowest BCUT2D eigenvalue weighted by Crippen LogP contribution is -2.52. The van der Waals surface area contributed by atoms with Crippen molar-refractivity contribution < 1.29 is 9.59 Å². The van der Waals surface area contributed by atoms with Crippen LogP contribution in [-0.2, 0) is 9.59 Å². The van der Waals surface area contributed by atoms with Crippen molar-refractivity contribution in [3.05, 3.63) is 0 Å². The van der Waals surface area contributed by atoms with E-state index in [2.05, 4.69) is 13.8 Å². The van der Waals surface area contributed by atoms with Crippen molar-refractivity contribution in [2.45, 2.75) is 58.0 Å². The molecule has 114 valence electrons. The van der Waals surface area contributed by atoms with Gasteiger partial charge in [-0.3, -0.25) is 9.59 Å². The lowest BCUT2D eigenvalue weighted by atomic mass is 9.76.